The smallest absolute Gasteiger partial charge is 0.237 e. The summed E-state index contributed by atoms with van der Waals surface area (Å²) >= 11 is 7.37. The molecule has 0 saturated heterocycles. The average Bonchev–Trinajstić information content (AvgIpc) is 3.01. The zero-order valence-electron chi connectivity index (χ0n) is 15.9. The Morgan fingerprint density at radius 3 is 2.64 bits per heavy atom. The lowest BCUT2D eigenvalue weighted by atomic mass is 10.2. The molecule has 0 aliphatic heterocycles. The van der Waals surface area contributed by atoms with Gasteiger partial charge in [-0.3, -0.25) is 4.79 Å². The highest BCUT2D eigenvalue weighted by Gasteiger charge is 2.19. The molecule has 1 atom stereocenters. The molecular formula is C20H22ClN5OS. The minimum absolute atomic E-state index is 0.0737. The zero-order valence-corrected chi connectivity index (χ0v) is 17.5. The number of anilines is 2. The van der Waals surface area contributed by atoms with Crippen LogP contribution in [0.2, 0.25) is 5.02 Å². The Bertz CT molecular complexity index is 957. The van der Waals surface area contributed by atoms with Gasteiger partial charge in [0.25, 0.3) is 0 Å². The van der Waals surface area contributed by atoms with Crippen molar-refractivity contribution in [2.24, 2.45) is 7.05 Å². The molecule has 8 heteroatoms. The van der Waals surface area contributed by atoms with Crippen LogP contribution < -0.4 is 10.6 Å². The summed E-state index contributed by atoms with van der Waals surface area (Å²) in [5.41, 5.74) is 2.85. The molecule has 1 amide bonds. The van der Waals surface area contributed by atoms with Gasteiger partial charge in [0.05, 0.1) is 11.8 Å². The van der Waals surface area contributed by atoms with Gasteiger partial charge < -0.3 is 15.2 Å². The lowest BCUT2D eigenvalue weighted by Gasteiger charge is -2.12. The lowest BCUT2D eigenvalue weighted by molar-refractivity contribution is -0.115. The highest BCUT2D eigenvalue weighted by molar-refractivity contribution is 8.00. The first kappa shape index (κ1) is 20.2. The number of hydrogen-bond donors (Lipinski definition) is 2. The lowest BCUT2D eigenvalue weighted by Crippen LogP contribution is -2.22. The second-order valence-corrected chi connectivity index (χ2v) is 8.18. The number of amides is 1. The van der Waals surface area contributed by atoms with Crippen LogP contribution in [-0.2, 0) is 18.4 Å². The molecule has 3 rings (SSSR count). The maximum absolute atomic E-state index is 12.4. The maximum Gasteiger partial charge on any atom is 0.237 e. The van der Waals surface area contributed by atoms with Gasteiger partial charge in [-0.2, -0.15) is 0 Å². The van der Waals surface area contributed by atoms with Gasteiger partial charge in [-0.05, 0) is 44.2 Å². The average molecular weight is 416 g/mol. The van der Waals surface area contributed by atoms with Crippen molar-refractivity contribution in [1.29, 1.82) is 0 Å². The minimum atomic E-state index is -0.307. The fraction of sp³-hybridized carbons (Fsp3) is 0.250. The van der Waals surface area contributed by atoms with Crippen LogP contribution in [0.3, 0.4) is 0 Å². The van der Waals surface area contributed by atoms with Crippen LogP contribution in [0.15, 0.2) is 53.7 Å². The van der Waals surface area contributed by atoms with Crippen molar-refractivity contribution < 1.29 is 4.79 Å². The molecule has 0 unspecified atom stereocenters. The highest BCUT2D eigenvalue weighted by Crippen LogP contribution is 2.23. The number of hydrogen-bond acceptors (Lipinski definition) is 5. The standard InChI is InChI=1S/C20H22ClN5OS/c1-13-7-9-16(10-8-13)23-19(27)14(2)28-20-25-24-18(26(20)3)12-22-17-6-4-5-15(21)11-17/h4-11,14,22H,12H2,1-3H3,(H,23,27)/t14-/m0/s1. The molecule has 0 bridgehead atoms. The van der Waals surface area contributed by atoms with Gasteiger partial charge in [0.2, 0.25) is 5.91 Å². The molecule has 0 saturated carbocycles. The molecular weight excluding hydrogens is 394 g/mol. The summed E-state index contributed by atoms with van der Waals surface area (Å²) < 4.78 is 1.89. The van der Waals surface area contributed by atoms with E-state index in [1.54, 1.807) is 0 Å². The predicted molar refractivity (Wildman–Crippen MR) is 115 cm³/mol. The molecule has 28 heavy (non-hydrogen) atoms. The summed E-state index contributed by atoms with van der Waals surface area (Å²) in [4.78, 5) is 12.4. The van der Waals surface area contributed by atoms with Gasteiger partial charge in [-0.15, -0.1) is 10.2 Å². The third-order valence-electron chi connectivity index (χ3n) is 4.17. The monoisotopic (exact) mass is 415 g/mol. The van der Waals surface area contributed by atoms with Gasteiger partial charge in [0, 0.05) is 23.4 Å². The quantitative estimate of drug-likeness (QED) is 0.555. The van der Waals surface area contributed by atoms with E-state index >= 15 is 0 Å². The Morgan fingerprint density at radius 1 is 1.18 bits per heavy atom. The van der Waals surface area contributed by atoms with Crippen LogP contribution >= 0.6 is 23.4 Å². The Balaban J connectivity index is 1.58. The van der Waals surface area contributed by atoms with Crippen molar-refractivity contribution >= 4 is 40.6 Å². The zero-order chi connectivity index (χ0) is 20.1. The molecule has 6 nitrogen and oxygen atoms in total. The summed E-state index contributed by atoms with van der Waals surface area (Å²) in [5.74, 6) is 0.698. The number of nitrogens with one attached hydrogen (secondary N) is 2. The maximum atomic E-state index is 12.4. The first-order chi connectivity index (χ1) is 13.4. The van der Waals surface area contributed by atoms with E-state index in [4.69, 9.17) is 11.6 Å². The van der Waals surface area contributed by atoms with Gasteiger partial charge >= 0.3 is 0 Å². The second-order valence-electron chi connectivity index (χ2n) is 6.44. The van der Waals surface area contributed by atoms with E-state index in [1.807, 2.05) is 74.0 Å². The van der Waals surface area contributed by atoms with E-state index in [-0.39, 0.29) is 11.2 Å². The largest absolute Gasteiger partial charge is 0.378 e. The number of aromatic nitrogens is 3. The third-order valence-corrected chi connectivity index (χ3v) is 5.54. The van der Waals surface area contributed by atoms with Crippen LogP contribution in [0.1, 0.15) is 18.3 Å². The molecule has 0 aliphatic rings. The van der Waals surface area contributed by atoms with E-state index in [0.717, 1.165) is 22.8 Å². The van der Waals surface area contributed by atoms with Crippen molar-refractivity contribution in [3.8, 4) is 0 Å². The Hall–Kier alpha value is -2.51. The molecule has 3 aromatic rings. The predicted octanol–water partition coefficient (Wildman–Crippen LogP) is 4.51. The van der Waals surface area contributed by atoms with E-state index in [2.05, 4.69) is 20.8 Å². The molecule has 2 aromatic carbocycles. The summed E-state index contributed by atoms with van der Waals surface area (Å²) in [6, 6.07) is 15.2. The second kappa shape index (κ2) is 9.12. The number of carbonyl (C=O) groups is 1. The van der Waals surface area contributed by atoms with Crippen LogP contribution in [0, 0.1) is 6.92 Å². The van der Waals surface area contributed by atoms with Crippen LogP contribution in [0.4, 0.5) is 11.4 Å². The first-order valence-electron chi connectivity index (χ1n) is 8.84. The summed E-state index contributed by atoms with van der Waals surface area (Å²) in [5, 5.41) is 15.7. The third kappa shape index (κ3) is 5.27. The molecule has 0 aliphatic carbocycles. The summed E-state index contributed by atoms with van der Waals surface area (Å²) in [6.45, 7) is 4.37. The molecule has 0 spiro atoms. The van der Waals surface area contributed by atoms with E-state index in [0.29, 0.717) is 16.7 Å². The minimum Gasteiger partial charge on any atom is -0.378 e. The number of rotatable bonds is 7. The molecule has 2 N–H and O–H groups in total. The number of carbonyl (C=O) groups excluding carboxylic acids is 1. The van der Waals surface area contributed by atoms with Gasteiger partial charge in [0.15, 0.2) is 11.0 Å². The number of halogens is 1. The van der Waals surface area contributed by atoms with Crippen molar-refractivity contribution in [3.05, 3.63) is 64.9 Å². The molecule has 1 aromatic heterocycles. The number of aryl methyl sites for hydroxylation is 1. The Labute approximate surface area is 173 Å². The highest BCUT2D eigenvalue weighted by atomic mass is 35.5. The normalized spacial score (nSPS) is 11.9. The Kier molecular flexibility index (Phi) is 6.59. The van der Waals surface area contributed by atoms with Crippen molar-refractivity contribution in [3.63, 3.8) is 0 Å². The van der Waals surface area contributed by atoms with Crippen molar-refractivity contribution in [1.82, 2.24) is 14.8 Å². The fourth-order valence-corrected chi connectivity index (χ4v) is 3.50. The van der Waals surface area contributed by atoms with E-state index in [1.165, 1.54) is 11.8 Å². The molecule has 1 heterocycles. The van der Waals surface area contributed by atoms with Gasteiger partial charge in [0.1, 0.15) is 0 Å². The summed E-state index contributed by atoms with van der Waals surface area (Å²) in [7, 11) is 1.89. The van der Waals surface area contributed by atoms with Gasteiger partial charge in [-0.25, -0.2) is 0 Å². The molecule has 146 valence electrons. The van der Waals surface area contributed by atoms with Crippen molar-refractivity contribution in [2.75, 3.05) is 10.6 Å². The number of thioether (sulfide) groups is 1. The number of benzene rings is 2. The fourth-order valence-electron chi connectivity index (χ4n) is 2.47. The van der Waals surface area contributed by atoms with Crippen LogP contribution in [-0.4, -0.2) is 25.9 Å². The van der Waals surface area contributed by atoms with E-state index < -0.39 is 0 Å². The molecule has 0 radical (unpaired) electrons. The number of nitrogens with zero attached hydrogens (tertiary/aromatic N) is 3. The van der Waals surface area contributed by atoms with Gasteiger partial charge in [-0.1, -0.05) is 47.1 Å². The van der Waals surface area contributed by atoms with Crippen LogP contribution in [0.5, 0.6) is 0 Å². The topological polar surface area (TPSA) is 71.8 Å². The first-order valence-corrected chi connectivity index (χ1v) is 10.1. The molecule has 0 fully saturated rings. The summed E-state index contributed by atoms with van der Waals surface area (Å²) in [6.07, 6.45) is 0. The SMILES string of the molecule is Cc1ccc(NC(=O)[C@H](C)Sc2nnc(CNc3cccc(Cl)c3)n2C)cc1. The van der Waals surface area contributed by atoms with Crippen LogP contribution in [0.25, 0.3) is 0 Å². The van der Waals surface area contributed by atoms with E-state index in [9.17, 15) is 4.79 Å². The van der Waals surface area contributed by atoms with Crippen molar-refractivity contribution in [2.45, 2.75) is 30.8 Å². The Morgan fingerprint density at radius 2 is 1.93 bits per heavy atom.